The molecule has 0 saturated carbocycles. The number of ether oxygens (including phenoxy) is 1. The number of hydrogen-bond acceptors (Lipinski definition) is 3. The molecule has 2 aromatic rings. The number of fused-ring (bicyclic) bond motifs is 1. The summed E-state index contributed by atoms with van der Waals surface area (Å²) in [6.45, 7) is 2.04. The third kappa shape index (κ3) is 3.64. The second-order valence-electron chi connectivity index (χ2n) is 5.22. The van der Waals surface area contributed by atoms with E-state index in [-0.39, 0.29) is 5.91 Å². The van der Waals surface area contributed by atoms with Crippen LogP contribution in [-0.4, -0.2) is 25.0 Å². The van der Waals surface area contributed by atoms with Crippen LogP contribution in [0, 0.1) is 0 Å². The van der Waals surface area contributed by atoms with E-state index in [1.165, 1.54) is 7.11 Å². The van der Waals surface area contributed by atoms with Gasteiger partial charge in [0.15, 0.2) is 0 Å². The van der Waals surface area contributed by atoms with Crippen LogP contribution in [0.15, 0.2) is 42.5 Å². The average molecular weight is 299 g/mol. The SMILES string of the molecule is CCCCC(NC(=O)c1cccc2ccccc12)C(=O)OC. The van der Waals surface area contributed by atoms with Gasteiger partial charge in [0, 0.05) is 5.56 Å². The molecule has 0 aromatic heterocycles. The highest BCUT2D eigenvalue weighted by molar-refractivity contribution is 6.07. The Morgan fingerprint density at radius 2 is 1.86 bits per heavy atom. The summed E-state index contributed by atoms with van der Waals surface area (Å²) < 4.78 is 4.78. The zero-order valence-corrected chi connectivity index (χ0v) is 13.0. The van der Waals surface area contributed by atoms with Crippen molar-refractivity contribution in [3.8, 4) is 0 Å². The van der Waals surface area contributed by atoms with E-state index in [0.29, 0.717) is 12.0 Å². The van der Waals surface area contributed by atoms with Crippen LogP contribution in [-0.2, 0) is 9.53 Å². The molecule has 0 saturated heterocycles. The molecule has 0 radical (unpaired) electrons. The third-order valence-electron chi connectivity index (χ3n) is 3.67. The number of hydrogen-bond donors (Lipinski definition) is 1. The molecule has 1 unspecified atom stereocenters. The van der Waals surface area contributed by atoms with Crippen molar-refractivity contribution in [1.29, 1.82) is 0 Å². The van der Waals surface area contributed by atoms with Gasteiger partial charge in [-0.1, -0.05) is 56.2 Å². The number of carbonyl (C=O) groups is 2. The van der Waals surface area contributed by atoms with Crippen LogP contribution in [0.1, 0.15) is 36.5 Å². The minimum atomic E-state index is -0.601. The number of esters is 1. The highest BCUT2D eigenvalue weighted by Crippen LogP contribution is 2.18. The normalized spacial score (nSPS) is 11.9. The monoisotopic (exact) mass is 299 g/mol. The maximum atomic E-state index is 12.5. The van der Waals surface area contributed by atoms with Crippen LogP contribution in [0.5, 0.6) is 0 Å². The van der Waals surface area contributed by atoms with Gasteiger partial charge in [-0.05, 0) is 23.3 Å². The van der Waals surface area contributed by atoms with Crippen LogP contribution in [0.25, 0.3) is 10.8 Å². The van der Waals surface area contributed by atoms with E-state index < -0.39 is 12.0 Å². The molecule has 0 heterocycles. The first-order valence-electron chi connectivity index (χ1n) is 7.53. The van der Waals surface area contributed by atoms with E-state index in [1.807, 2.05) is 43.3 Å². The third-order valence-corrected chi connectivity index (χ3v) is 3.67. The Morgan fingerprint density at radius 3 is 2.59 bits per heavy atom. The van der Waals surface area contributed by atoms with E-state index >= 15 is 0 Å². The molecule has 0 aliphatic carbocycles. The number of rotatable bonds is 6. The lowest BCUT2D eigenvalue weighted by Crippen LogP contribution is -2.41. The Kier molecular flexibility index (Phi) is 5.53. The van der Waals surface area contributed by atoms with Crippen molar-refractivity contribution in [1.82, 2.24) is 5.32 Å². The molecule has 22 heavy (non-hydrogen) atoms. The topological polar surface area (TPSA) is 55.4 Å². The number of unbranched alkanes of at least 4 members (excludes halogenated alkanes) is 1. The molecule has 2 aromatic carbocycles. The number of amides is 1. The van der Waals surface area contributed by atoms with Crippen molar-refractivity contribution in [3.05, 3.63) is 48.0 Å². The Bertz CT molecular complexity index is 661. The lowest BCUT2D eigenvalue weighted by atomic mass is 10.0. The van der Waals surface area contributed by atoms with Gasteiger partial charge in [0.2, 0.25) is 0 Å². The number of benzene rings is 2. The van der Waals surface area contributed by atoms with Gasteiger partial charge in [0.1, 0.15) is 6.04 Å². The first-order chi connectivity index (χ1) is 10.7. The highest BCUT2D eigenvalue weighted by Gasteiger charge is 2.22. The minimum Gasteiger partial charge on any atom is -0.467 e. The van der Waals surface area contributed by atoms with Crippen molar-refractivity contribution < 1.29 is 14.3 Å². The van der Waals surface area contributed by atoms with Crippen molar-refractivity contribution >= 4 is 22.6 Å². The molecule has 116 valence electrons. The zero-order chi connectivity index (χ0) is 15.9. The smallest absolute Gasteiger partial charge is 0.328 e. The second-order valence-corrected chi connectivity index (χ2v) is 5.22. The standard InChI is InChI=1S/C18H21NO3/c1-3-4-12-16(18(21)22-2)19-17(20)15-11-7-9-13-8-5-6-10-14(13)15/h5-11,16H,3-4,12H2,1-2H3,(H,19,20). The fourth-order valence-corrected chi connectivity index (χ4v) is 2.46. The largest absolute Gasteiger partial charge is 0.467 e. The maximum absolute atomic E-state index is 12.5. The van der Waals surface area contributed by atoms with Gasteiger partial charge in [0.25, 0.3) is 5.91 Å². The molecule has 0 fully saturated rings. The van der Waals surface area contributed by atoms with E-state index in [4.69, 9.17) is 4.74 Å². The predicted octanol–water partition coefficient (Wildman–Crippen LogP) is 3.30. The first-order valence-corrected chi connectivity index (χ1v) is 7.53. The molecule has 0 aliphatic heterocycles. The average Bonchev–Trinajstić information content (AvgIpc) is 2.57. The number of methoxy groups -OCH3 is 1. The van der Waals surface area contributed by atoms with Crippen LogP contribution in [0.3, 0.4) is 0 Å². The summed E-state index contributed by atoms with van der Waals surface area (Å²) in [5.41, 5.74) is 0.573. The molecule has 1 N–H and O–H groups in total. The summed E-state index contributed by atoms with van der Waals surface area (Å²) in [6, 6.07) is 12.7. The van der Waals surface area contributed by atoms with Gasteiger partial charge in [-0.25, -0.2) is 4.79 Å². The summed E-state index contributed by atoms with van der Waals surface area (Å²) >= 11 is 0. The lowest BCUT2D eigenvalue weighted by Gasteiger charge is -2.17. The molecule has 0 bridgehead atoms. The molecule has 1 atom stereocenters. The molecule has 0 aliphatic rings. The maximum Gasteiger partial charge on any atom is 0.328 e. The van der Waals surface area contributed by atoms with E-state index in [9.17, 15) is 9.59 Å². The fraction of sp³-hybridized carbons (Fsp3) is 0.333. The molecular formula is C18H21NO3. The van der Waals surface area contributed by atoms with Crippen LogP contribution in [0.2, 0.25) is 0 Å². The van der Waals surface area contributed by atoms with E-state index in [1.54, 1.807) is 6.07 Å². The number of nitrogens with one attached hydrogen (secondary N) is 1. The minimum absolute atomic E-state index is 0.247. The van der Waals surface area contributed by atoms with Gasteiger partial charge in [-0.3, -0.25) is 4.79 Å². The van der Waals surface area contributed by atoms with Crippen LogP contribution < -0.4 is 5.32 Å². The van der Waals surface area contributed by atoms with E-state index in [2.05, 4.69) is 5.32 Å². The van der Waals surface area contributed by atoms with Gasteiger partial charge in [-0.15, -0.1) is 0 Å². The predicted molar refractivity (Wildman–Crippen MR) is 86.7 cm³/mol. The second kappa shape index (κ2) is 7.59. The lowest BCUT2D eigenvalue weighted by molar-refractivity contribution is -0.143. The molecule has 0 spiro atoms. The summed E-state index contributed by atoms with van der Waals surface area (Å²) in [5.74, 6) is -0.648. The molecule has 2 rings (SSSR count). The Balaban J connectivity index is 2.23. The molecular weight excluding hydrogens is 278 g/mol. The van der Waals surface area contributed by atoms with Crippen LogP contribution in [0.4, 0.5) is 0 Å². The fourth-order valence-electron chi connectivity index (χ4n) is 2.46. The summed E-state index contributed by atoms with van der Waals surface area (Å²) in [6.07, 6.45) is 2.40. The summed E-state index contributed by atoms with van der Waals surface area (Å²) in [7, 11) is 1.34. The molecule has 1 amide bonds. The van der Waals surface area contributed by atoms with Crippen molar-refractivity contribution in [2.75, 3.05) is 7.11 Å². The highest BCUT2D eigenvalue weighted by atomic mass is 16.5. The zero-order valence-electron chi connectivity index (χ0n) is 13.0. The van der Waals surface area contributed by atoms with Crippen molar-refractivity contribution in [2.45, 2.75) is 32.2 Å². The van der Waals surface area contributed by atoms with Gasteiger partial charge >= 0.3 is 5.97 Å². The Labute approximate surface area is 130 Å². The van der Waals surface area contributed by atoms with Crippen molar-refractivity contribution in [3.63, 3.8) is 0 Å². The van der Waals surface area contributed by atoms with Gasteiger partial charge in [0.05, 0.1) is 7.11 Å². The first kappa shape index (κ1) is 16.0. The number of carbonyl (C=O) groups excluding carboxylic acids is 2. The van der Waals surface area contributed by atoms with Crippen LogP contribution >= 0.6 is 0 Å². The summed E-state index contributed by atoms with van der Waals surface area (Å²) in [4.78, 5) is 24.3. The molecule has 4 heteroatoms. The summed E-state index contributed by atoms with van der Waals surface area (Å²) in [5, 5.41) is 4.67. The van der Waals surface area contributed by atoms with Gasteiger partial charge < -0.3 is 10.1 Å². The van der Waals surface area contributed by atoms with Gasteiger partial charge in [-0.2, -0.15) is 0 Å². The Morgan fingerprint density at radius 1 is 1.14 bits per heavy atom. The van der Waals surface area contributed by atoms with E-state index in [0.717, 1.165) is 23.6 Å². The Hall–Kier alpha value is -2.36. The molecule has 4 nitrogen and oxygen atoms in total. The quantitative estimate of drug-likeness (QED) is 0.833. The van der Waals surface area contributed by atoms with Crippen molar-refractivity contribution in [2.24, 2.45) is 0 Å².